The highest BCUT2D eigenvalue weighted by Gasteiger charge is 2.18. The standard InChI is InChI=1S/C21H25N7OS/c1-15-12-25-21(30-15)26-19-11-16(5-6-23-19)14-27-7-9-28(10-8-27)17-3-4-18(24-13-17)20(29)22-2/h3-6,11-13H,7-10,14H2,1-2H3,(H,22,29)(H,23,25,26). The van der Waals surface area contributed by atoms with E-state index in [0.29, 0.717) is 5.69 Å². The van der Waals surface area contributed by atoms with Crippen LogP contribution in [0.4, 0.5) is 16.6 Å². The van der Waals surface area contributed by atoms with Gasteiger partial charge in [0.1, 0.15) is 11.5 Å². The number of piperazine rings is 1. The van der Waals surface area contributed by atoms with Gasteiger partial charge in [0.15, 0.2) is 5.13 Å². The van der Waals surface area contributed by atoms with Crippen molar-refractivity contribution in [3.8, 4) is 0 Å². The van der Waals surface area contributed by atoms with E-state index in [4.69, 9.17) is 0 Å². The number of hydrogen-bond donors (Lipinski definition) is 2. The first-order valence-electron chi connectivity index (χ1n) is 9.90. The number of carbonyl (C=O) groups excluding carboxylic acids is 1. The maximum Gasteiger partial charge on any atom is 0.269 e. The van der Waals surface area contributed by atoms with Gasteiger partial charge in [0.05, 0.1) is 11.9 Å². The molecule has 9 heteroatoms. The third-order valence-corrected chi connectivity index (χ3v) is 5.86. The zero-order valence-corrected chi connectivity index (χ0v) is 17.9. The summed E-state index contributed by atoms with van der Waals surface area (Å²) in [4.78, 5) is 30.6. The smallest absolute Gasteiger partial charge is 0.269 e. The normalized spacial score (nSPS) is 14.5. The minimum Gasteiger partial charge on any atom is -0.368 e. The number of pyridine rings is 2. The number of aromatic nitrogens is 3. The summed E-state index contributed by atoms with van der Waals surface area (Å²) in [5, 5.41) is 6.74. The van der Waals surface area contributed by atoms with Crippen molar-refractivity contribution in [2.24, 2.45) is 0 Å². The Balaban J connectivity index is 1.31. The van der Waals surface area contributed by atoms with E-state index < -0.39 is 0 Å². The van der Waals surface area contributed by atoms with Gasteiger partial charge < -0.3 is 15.5 Å². The number of anilines is 3. The van der Waals surface area contributed by atoms with Crippen LogP contribution in [0.1, 0.15) is 20.9 Å². The van der Waals surface area contributed by atoms with E-state index in [9.17, 15) is 4.79 Å². The van der Waals surface area contributed by atoms with Gasteiger partial charge in [-0.15, -0.1) is 11.3 Å². The minimum absolute atomic E-state index is 0.164. The van der Waals surface area contributed by atoms with E-state index in [2.05, 4.69) is 47.5 Å². The van der Waals surface area contributed by atoms with Gasteiger partial charge >= 0.3 is 0 Å². The number of nitrogens with one attached hydrogen (secondary N) is 2. The molecule has 0 aliphatic carbocycles. The zero-order valence-electron chi connectivity index (χ0n) is 17.1. The predicted octanol–water partition coefficient (Wildman–Crippen LogP) is 2.67. The number of amides is 1. The van der Waals surface area contributed by atoms with E-state index in [0.717, 1.165) is 49.4 Å². The number of nitrogens with zero attached hydrogens (tertiary/aromatic N) is 5. The van der Waals surface area contributed by atoms with Crippen molar-refractivity contribution in [1.29, 1.82) is 0 Å². The highest BCUT2D eigenvalue weighted by molar-refractivity contribution is 7.15. The Bertz CT molecular complexity index is 997. The van der Waals surface area contributed by atoms with Crippen LogP contribution in [0, 0.1) is 6.92 Å². The van der Waals surface area contributed by atoms with Crippen LogP contribution in [0.15, 0.2) is 42.9 Å². The van der Waals surface area contributed by atoms with Crippen LogP contribution >= 0.6 is 11.3 Å². The fourth-order valence-electron chi connectivity index (χ4n) is 3.42. The SMILES string of the molecule is CNC(=O)c1ccc(N2CCN(Cc3ccnc(Nc4ncc(C)s4)c3)CC2)cn1. The van der Waals surface area contributed by atoms with Gasteiger partial charge in [-0.3, -0.25) is 9.69 Å². The molecule has 0 unspecified atom stereocenters. The van der Waals surface area contributed by atoms with Gasteiger partial charge in [-0.05, 0) is 36.8 Å². The molecule has 0 spiro atoms. The summed E-state index contributed by atoms with van der Waals surface area (Å²) in [6.07, 6.45) is 5.48. The summed E-state index contributed by atoms with van der Waals surface area (Å²) >= 11 is 1.62. The summed E-state index contributed by atoms with van der Waals surface area (Å²) in [6.45, 7) is 6.71. The number of hydrogen-bond acceptors (Lipinski definition) is 8. The lowest BCUT2D eigenvalue weighted by Crippen LogP contribution is -2.46. The molecule has 1 fully saturated rings. The predicted molar refractivity (Wildman–Crippen MR) is 119 cm³/mol. The van der Waals surface area contributed by atoms with Crippen LogP contribution in [0.25, 0.3) is 0 Å². The van der Waals surface area contributed by atoms with E-state index >= 15 is 0 Å². The summed E-state index contributed by atoms with van der Waals surface area (Å²) < 4.78 is 0. The van der Waals surface area contributed by atoms with Crippen LogP contribution in [0.2, 0.25) is 0 Å². The van der Waals surface area contributed by atoms with Gasteiger partial charge in [-0.1, -0.05) is 0 Å². The molecule has 1 aliphatic rings. The second-order valence-corrected chi connectivity index (χ2v) is 8.43. The first kappa shape index (κ1) is 20.2. The van der Waals surface area contributed by atoms with Crippen molar-refractivity contribution < 1.29 is 4.79 Å². The van der Waals surface area contributed by atoms with Crippen LogP contribution in [-0.2, 0) is 6.54 Å². The zero-order chi connectivity index (χ0) is 20.9. The number of carbonyl (C=O) groups is 1. The molecular formula is C21H25N7OS. The van der Waals surface area contributed by atoms with E-state index in [1.807, 2.05) is 25.4 Å². The highest BCUT2D eigenvalue weighted by atomic mass is 32.1. The fourth-order valence-corrected chi connectivity index (χ4v) is 4.09. The summed E-state index contributed by atoms with van der Waals surface area (Å²) in [5.74, 6) is 0.658. The number of thiazole rings is 1. The molecule has 0 aromatic carbocycles. The average Bonchev–Trinajstić information content (AvgIpc) is 3.18. The molecule has 1 saturated heterocycles. The third-order valence-electron chi connectivity index (χ3n) is 5.03. The van der Waals surface area contributed by atoms with E-state index in [1.165, 1.54) is 10.4 Å². The molecule has 0 bridgehead atoms. The summed E-state index contributed by atoms with van der Waals surface area (Å²) in [5.41, 5.74) is 2.72. The molecule has 4 heterocycles. The molecule has 8 nitrogen and oxygen atoms in total. The van der Waals surface area contributed by atoms with Gasteiger partial charge in [0.2, 0.25) is 0 Å². The van der Waals surface area contributed by atoms with E-state index in [-0.39, 0.29) is 5.91 Å². The van der Waals surface area contributed by atoms with Gasteiger partial charge in [0, 0.05) is 57.0 Å². The molecule has 2 N–H and O–H groups in total. The molecule has 3 aromatic heterocycles. The van der Waals surface area contributed by atoms with Crippen molar-refractivity contribution in [3.63, 3.8) is 0 Å². The minimum atomic E-state index is -0.164. The first-order valence-corrected chi connectivity index (χ1v) is 10.7. The summed E-state index contributed by atoms with van der Waals surface area (Å²) in [6, 6.07) is 7.89. The lowest BCUT2D eigenvalue weighted by atomic mass is 10.2. The molecule has 3 aromatic rings. The maximum atomic E-state index is 11.6. The number of aryl methyl sites for hydroxylation is 1. The molecule has 1 amide bonds. The highest BCUT2D eigenvalue weighted by Crippen LogP contribution is 2.22. The molecule has 156 valence electrons. The Morgan fingerprint density at radius 1 is 1.10 bits per heavy atom. The largest absolute Gasteiger partial charge is 0.368 e. The molecule has 0 atom stereocenters. The molecule has 30 heavy (non-hydrogen) atoms. The van der Waals surface area contributed by atoms with Crippen molar-refractivity contribution in [2.75, 3.05) is 43.4 Å². The third kappa shape index (κ3) is 4.92. The second-order valence-electron chi connectivity index (χ2n) is 7.19. The van der Waals surface area contributed by atoms with Crippen LogP contribution in [-0.4, -0.2) is 59.0 Å². The Kier molecular flexibility index (Phi) is 6.20. The quantitative estimate of drug-likeness (QED) is 0.630. The van der Waals surface area contributed by atoms with Gasteiger partial charge in [0.25, 0.3) is 5.91 Å². The molecular weight excluding hydrogens is 398 g/mol. The Morgan fingerprint density at radius 2 is 1.93 bits per heavy atom. The van der Waals surface area contributed by atoms with Crippen molar-refractivity contribution >= 4 is 33.9 Å². The fraction of sp³-hybridized carbons (Fsp3) is 0.333. The first-order chi connectivity index (χ1) is 14.6. The average molecular weight is 424 g/mol. The molecule has 4 rings (SSSR count). The van der Waals surface area contributed by atoms with Gasteiger partial charge in [-0.2, -0.15) is 0 Å². The number of rotatable bonds is 6. The van der Waals surface area contributed by atoms with Crippen molar-refractivity contribution in [3.05, 3.63) is 59.0 Å². The Labute approximate surface area is 180 Å². The molecule has 0 radical (unpaired) electrons. The Hall–Kier alpha value is -3.04. The van der Waals surface area contributed by atoms with Gasteiger partial charge in [-0.25, -0.2) is 15.0 Å². The Morgan fingerprint density at radius 3 is 2.60 bits per heavy atom. The van der Waals surface area contributed by atoms with Crippen LogP contribution < -0.4 is 15.5 Å². The summed E-state index contributed by atoms with van der Waals surface area (Å²) in [7, 11) is 1.61. The molecule has 1 aliphatic heterocycles. The van der Waals surface area contributed by atoms with Crippen molar-refractivity contribution in [2.45, 2.75) is 13.5 Å². The van der Waals surface area contributed by atoms with Crippen LogP contribution in [0.5, 0.6) is 0 Å². The van der Waals surface area contributed by atoms with Crippen LogP contribution in [0.3, 0.4) is 0 Å². The van der Waals surface area contributed by atoms with E-state index in [1.54, 1.807) is 30.6 Å². The second kappa shape index (κ2) is 9.19. The van der Waals surface area contributed by atoms with Crippen molar-refractivity contribution in [1.82, 2.24) is 25.2 Å². The lowest BCUT2D eigenvalue weighted by molar-refractivity contribution is 0.0958. The monoisotopic (exact) mass is 423 g/mol. The topological polar surface area (TPSA) is 86.3 Å². The lowest BCUT2D eigenvalue weighted by Gasteiger charge is -2.36. The molecule has 0 saturated carbocycles. The maximum absolute atomic E-state index is 11.6.